The fourth-order valence-corrected chi connectivity index (χ4v) is 2.64. The molecule has 0 aliphatic heterocycles. The highest BCUT2D eigenvalue weighted by atomic mass is 16.4. The van der Waals surface area contributed by atoms with Gasteiger partial charge >= 0.3 is 5.97 Å². The van der Waals surface area contributed by atoms with Crippen molar-refractivity contribution < 1.29 is 25.2 Å². The molecule has 1 aromatic rings. The van der Waals surface area contributed by atoms with Crippen molar-refractivity contribution in [1.82, 2.24) is 0 Å². The number of aliphatic carboxylic acids is 1. The largest absolute Gasteiger partial charge is 0.508 e. The summed E-state index contributed by atoms with van der Waals surface area (Å²) in [4.78, 5) is 10.5. The van der Waals surface area contributed by atoms with Gasteiger partial charge in [-0.1, -0.05) is 50.5 Å². The molecule has 26 heavy (non-hydrogen) atoms. The molecule has 0 saturated heterocycles. The van der Waals surface area contributed by atoms with Crippen LogP contribution >= 0.6 is 0 Å². The van der Waals surface area contributed by atoms with Crippen molar-refractivity contribution in [2.75, 3.05) is 0 Å². The van der Waals surface area contributed by atoms with Crippen molar-refractivity contribution in [2.45, 2.75) is 64.4 Å². The zero-order valence-electron chi connectivity index (χ0n) is 15.4. The fraction of sp³-hybridized carbons (Fsp3) is 0.476. The van der Waals surface area contributed by atoms with Crippen LogP contribution in [0.15, 0.2) is 30.4 Å². The highest BCUT2D eigenvalue weighted by molar-refractivity contribution is 5.66. The van der Waals surface area contributed by atoms with Crippen molar-refractivity contribution in [3.8, 4) is 11.5 Å². The van der Waals surface area contributed by atoms with Gasteiger partial charge in [0.05, 0.1) is 6.10 Å². The molecule has 5 nitrogen and oxygen atoms in total. The first-order valence-electron chi connectivity index (χ1n) is 9.22. The van der Waals surface area contributed by atoms with Crippen LogP contribution in [-0.2, 0) is 11.2 Å². The smallest absolute Gasteiger partial charge is 0.303 e. The van der Waals surface area contributed by atoms with Gasteiger partial charge in [-0.3, -0.25) is 4.79 Å². The van der Waals surface area contributed by atoms with Gasteiger partial charge in [-0.05, 0) is 37.3 Å². The molecule has 1 atom stereocenters. The van der Waals surface area contributed by atoms with Crippen LogP contribution in [0.3, 0.4) is 0 Å². The average molecular weight is 362 g/mol. The van der Waals surface area contributed by atoms with Gasteiger partial charge in [0.25, 0.3) is 0 Å². The van der Waals surface area contributed by atoms with E-state index in [2.05, 4.69) is 6.92 Å². The second-order valence-corrected chi connectivity index (χ2v) is 6.42. The third-order valence-electron chi connectivity index (χ3n) is 4.10. The minimum atomic E-state index is -0.806. The lowest BCUT2D eigenvalue weighted by atomic mass is 10.0. The second kappa shape index (κ2) is 12.1. The number of carbonyl (C=O) groups is 1. The third kappa shape index (κ3) is 8.72. The Labute approximate surface area is 155 Å². The van der Waals surface area contributed by atoms with Crippen LogP contribution in [-0.4, -0.2) is 32.5 Å². The monoisotopic (exact) mass is 362 g/mol. The topological polar surface area (TPSA) is 98.0 Å². The molecule has 0 spiro atoms. The number of allylic oxidation sites excluding steroid dienone is 2. The summed E-state index contributed by atoms with van der Waals surface area (Å²) in [5, 5.41) is 38.5. The lowest BCUT2D eigenvalue weighted by Crippen LogP contribution is -2.01. The molecule has 0 saturated carbocycles. The number of phenolic OH excluding ortho intramolecular Hbond substituents is 2. The van der Waals surface area contributed by atoms with E-state index in [0.717, 1.165) is 19.3 Å². The van der Waals surface area contributed by atoms with Crippen LogP contribution in [0, 0.1) is 0 Å². The number of carboxylic acid groups (broad SMARTS) is 1. The number of aromatic hydroxyl groups is 2. The summed E-state index contributed by atoms with van der Waals surface area (Å²) in [6.07, 6.45) is 12.3. The molecular formula is C21H30O5. The zero-order chi connectivity index (χ0) is 19.4. The Bertz CT molecular complexity index is 619. The Kier molecular flexibility index (Phi) is 10.2. The predicted molar refractivity (Wildman–Crippen MR) is 103 cm³/mol. The number of benzene rings is 1. The van der Waals surface area contributed by atoms with E-state index < -0.39 is 12.1 Å². The van der Waals surface area contributed by atoms with Crippen LogP contribution in [0.2, 0.25) is 0 Å². The lowest BCUT2D eigenvalue weighted by Gasteiger charge is -2.09. The van der Waals surface area contributed by atoms with Gasteiger partial charge in [0, 0.05) is 18.1 Å². The van der Waals surface area contributed by atoms with Crippen molar-refractivity contribution in [3.63, 3.8) is 0 Å². The summed E-state index contributed by atoms with van der Waals surface area (Å²) < 4.78 is 0. The molecule has 0 aliphatic carbocycles. The molecule has 144 valence electrons. The number of rotatable bonds is 12. The maximum absolute atomic E-state index is 10.5. The number of carboxylic acids is 1. The van der Waals surface area contributed by atoms with E-state index in [1.165, 1.54) is 6.07 Å². The zero-order valence-corrected chi connectivity index (χ0v) is 15.4. The molecule has 0 aliphatic rings. The summed E-state index contributed by atoms with van der Waals surface area (Å²) in [7, 11) is 0. The minimum Gasteiger partial charge on any atom is -0.508 e. The summed E-state index contributed by atoms with van der Waals surface area (Å²) >= 11 is 0. The summed E-state index contributed by atoms with van der Waals surface area (Å²) in [5.41, 5.74) is 1.32. The number of aliphatic hydroxyl groups is 1. The fourth-order valence-electron chi connectivity index (χ4n) is 2.64. The molecule has 0 bridgehead atoms. The van der Waals surface area contributed by atoms with E-state index in [9.17, 15) is 20.1 Å². The predicted octanol–water partition coefficient (Wildman–Crippen LogP) is 4.41. The first-order valence-corrected chi connectivity index (χ1v) is 9.22. The minimum absolute atomic E-state index is 0.000286. The van der Waals surface area contributed by atoms with Crippen molar-refractivity contribution >= 4 is 12.0 Å². The van der Waals surface area contributed by atoms with E-state index in [1.54, 1.807) is 18.2 Å². The van der Waals surface area contributed by atoms with E-state index in [0.29, 0.717) is 36.8 Å². The van der Waals surface area contributed by atoms with Crippen molar-refractivity contribution in [2.24, 2.45) is 0 Å². The molecule has 1 rings (SSSR count). The van der Waals surface area contributed by atoms with Gasteiger partial charge in [0.2, 0.25) is 0 Å². The number of hydrogen-bond donors (Lipinski definition) is 4. The molecule has 1 unspecified atom stereocenters. The normalized spacial score (nSPS) is 12.8. The Morgan fingerprint density at radius 2 is 1.92 bits per heavy atom. The molecule has 0 radical (unpaired) electrons. The van der Waals surface area contributed by atoms with Crippen molar-refractivity contribution in [3.05, 3.63) is 41.5 Å². The van der Waals surface area contributed by atoms with Crippen LogP contribution in [0.4, 0.5) is 0 Å². The van der Waals surface area contributed by atoms with Crippen LogP contribution in [0.1, 0.15) is 63.0 Å². The second-order valence-electron chi connectivity index (χ2n) is 6.42. The van der Waals surface area contributed by atoms with E-state index in [4.69, 9.17) is 5.11 Å². The SMILES string of the molecule is CCCCCC(O)/C=C/c1cc(O)cc(O)c1C/C=C\CCCC(=O)O. The molecule has 1 aromatic carbocycles. The van der Waals surface area contributed by atoms with Gasteiger partial charge in [0.15, 0.2) is 0 Å². The van der Waals surface area contributed by atoms with Gasteiger partial charge in [-0.25, -0.2) is 0 Å². The maximum Gasteiger partial charge on any atom is 0.303 e. The maximum atomic E-state index is 10.5. The van der Waals surface area contributed by atoms with Gasteiger partial charge in [-0.15, -0.1) is 0 Å². The number of unbranched alkanes of at least 4 members (excludes halogenated alkanes) is 3. The van der Waals surface area contributed by atoms with Gasteiger partial charge < -0.3 is 20.4 Å². The van der Waals surface area contributed by atoms with E-state index in [1.807, 2.05) is 12.2 Å². The average Bonchev–Trinajstić information content (AvgIpc) is 2.57. The van der Waals surface area contributed by atoms with Crippen LogP contribution in [0.5, 0.6) is 11.5 Å². The van der Waals surface area contributed by atoms with Crippen LogP contribution in [0.25, 0.3) is 6.08 Å². The molecule has 0 fully saturated rings. The molecule has 5 heteroatoms. The van der Waals surface area contributed by atoms with Crippen LogP contribution < -0.4 is 0 Å². The van der Waals surface area contributed by atoms with Crippen molar-refractivity contribution in [1.29, 1.82) is 0 Å². The summed E-state index contributed by atoms with van der Waals surface area (Å²) in [6.45, 7) is 2.11. The Balaban J connectivity index is 2.72. The lowest BCUT2D eigenvalue weighted by molar-refractivity contribution is -0.137. The number of aliphatic hydroxyl groups excluding tert-OH is 1. The number of phenols is 2. The molecule has 0 aromatic heterocycles. The summed E-state index contributed by atoms with van der Waals surface area (Å²) in [6, 6.07) is 2.85. The Hall–Kier alpha value is -2.27. The molecule has 4 N–H and O–H groups in total. The number of hydrogen-bond acceptors (Lipinski definition) is 4. The van der Waals surface area contributed by atoms with Gasteiger partial charge in [-0.2, -0.15) is 0 Å². The standard InChI is InChI=1S/C21H30O5/c1-2-3-6-9-17(22)13-12-16-14-18(23)15-20(24)19(16)10-7-4-5-8-11-21(25)26/h4,7,12-15,17,22-24H,2-3,5-6,8-11H2,1H3,(H,25,26)/b7-4-,13-12+. The molecule has 0 amide bonds. The summed E-state index contributed by atoms with van der Waals surface area (Å²) in [5.74, 6) is -0.836. The van der Waals surface area contributed by atoms with E-state index in [-0.39, 0.29) is 17.9 Å². The Morgan fingerprint density at radius 3 is 2.62 bits per heavy atom. The first kappa shape index (κ1) is 21.8. The Morgan fingerprint density at radius 1 is 1.15 bits per heavy atom. The van der Waals surface area contributed by atoms with Gasteiger partial charge in [0.1, 0.15) is 11.5 Å². The highest BCUT2D eigenvalue weighted by Gasteiger charge is 2.08. The highest BCUT2D eigenvalue weighted by Crippen LogP contribution is 2.29. The first-order chi connectivity index (χ1) is 12.4. The molecule has 0 heterocycles. The molecular weight excluding hydrogens is 332 g/mol. The van der Waals surface area contributed by atoms with E-state index >= 15 is 0 Å². The third-order valence-corrected chi connectivity index (χ3v) is 4.10. The quantitative estimate of drug-likeness (QED) is 0.326.